The zero-order valence-electron chi connectivity index (χ0n) is 18.6. The third kappa shape index (κ3) is 4.41. The van der Waals surface area contributed by atoms with E-state index in [-0.39, 0.29) is 17.6 Å². The highest BCUT2D eigenvalue weighted by molar-refractivity contribution is 5.99. The summed E-state index contributed by atoms with van der Waals surface area (Å²) in [5.41, 5.74) is 5.63. The summed E-state index contributed by atoms with van der Waals surface area (Å²) in [6.07, 6.45) is 7.08. The number of piperidine rings is 1. The average Bonchev–Trinajstić information content (AvgIpc) is 3.23. The first-order chi connectivity index (χ1) is 16.0. The number of nitrogens with one attached hydrogen (secondary N) is 1. The second kappa shape index (κ2) is 8.61. The van der Waals surface area contributed by atoms with E-state index < -0.39 is 0 Å². The Labute approximate surface area is 191 Å². The molecule has 7 nitrogen and oxygen atoms in total. The predicted octanol–water partition coefficient (Wildman–Crippen LogP) is 4.64. The maximum absolute atomic E-state index is 13.3. The van der Waals surface area contributed by atoms with Crippen molar-refractivity contribution in [3.8, 4) is 0 Å². The summed E-state index contributed by atoms with van der Waals surface area (Å²) in [5.74, 6) is -0.188. The smallest absolute Gasteiger partial charge is 0.259 e. The van der Waals surface area contributed by atoms with Crippen molar-refractivity contribution in [2.45, 2.75) is 32.6 Å². The van der Waals surface area contributed by atoms with E-state index in [0.717, 1.165) is 41.2 Å². The zero-order valence-corrected chi connectivity index (χ0v) is 18.6. The van der Waals surface area contributed by atoms with Gasteiger partial charge in [-0.1, -0.05) is 0 Å². The Kier molecular flexibility index (Phi) is 5.50. The molecule has 1 aliphatic heterocycles. The minimum atomic E-state index is -0.268. The van der Waals surface area contributed by atoms with E-state index in [2.05, 4.69) is 15.4 Å². The minimum absolute atomic E-state index is 0.0524. The van der Waals surface area contributed by atoms with Gasteiger partial charge < -0.3 is 10.2 Å². The largest absolute Gasteiger partial charge is 0.355 e. The Bertz CT molecular complexity index is 1320. The third-order valence-corrected chi connectivity index (χ3v) is 5.95. The number of carbonyl (C=O) groups is 1. The maximum Gasteiger partial charge on any atom is 0.259 e. The molecule has 5 rings (SSSR count). The van der Waals surface area contributed by atoms with Crippen molar-refractivity contribution < 1.29 is 9.18 Å². The summed E-state index contributed by atoms with van der Waals surface area (Å²) in [6.45, 7) is 5.19. The van der Waals surface area contributed by atoms with Gasteiger partial charge in [0.1, 0.15) is 11.4 Å². The summed E-state index contributed by atoms with van der Waals surface area (Å²) in [7, 11) is 0. The lowest BCUT2D eigenvalue weighted by atomic mass is 9.93. The second-order valence-corrected chi connectivity index (χ2v) is 8.60. The quantitative estimate of drug-likeness (QED) is 0.496. The molecule has 0 bridgehead atoms. The number of anilines is 2. The molecule has 1 saturated heterocycles. The number of amides is 1. The van der Waals surface area contributed by atoms with Gasteiger partial charge in [0.25, 0.3) is 5.91 Å². The number of benzene rings is 1. The number of rotatable bonds is 4. The highest BCUT2D eigenvalue weighted by Gasteiger charge is 2.28. The Morgan fingerprint density at radius 1 is 1.12 bits per heavy atom. The fraction of sp³-hybridized carbons (Fsp3) is 0.280. The Balaban J connectivity index is 1.36. The lowest BCUT2D eigenvalue weighted by Gasteiger charge is -2.32. The number of hydrogen-bond donors (Lipinski definition) is 1. The normalized spacial score (nSPS) is 16.2. The first-order valence-corrected chi connectivity index (χ1v) is 11.1. The van der Waals surface area contributed by atoms with Crippen molar-refractivity contribution >= 4 is 22.9 Å². The summed E-state index contributed by atoms with van der Waals surface area (Å²) in [6, 6.07) is 10.3. The molecule has 1 fully saturated rings. The van der Waals surface area contributed by atoms with Gasteiger partial charge in [-0.3, -0.25) is 9.78 Å². The monoisotopic (exact) mass is 444 g/mol. The molecular weight excluding hydrogens is 419 g/mol. The van der Waals surface area contributed by atoms with Gasteiger partial charge in [-0.2, -0.15) is 5.10 Å². The summed E-state index contributed by atoms with van der Waals surface area (Å²) < 4.78 is 14.9. The maximum atomic E-state index is 13.3. The molecule has 168 valence electrons. The number of halogens is 1. The summed E-state index contributed by atoms with van der Waals surface area (Å²) >= 11 is 0. The van der Waals surface area contributed by atoms with Crippen LogP contribution in [0.25, 0.3) is 5.65 Å². The molecule has 4 aromatic rings. The number of fused-ring (bicyclic) bond motifs is 1. The molecule has 4 heterocycles. The van der Waals surface area contributed by atoms with Gasteiger partial charge in [0, 0.05) is 54.2 Å². The summed E-state index contributed by atoms with van der Waals surface area (Å²) in [4.78, 5) is 24.4. The number of likely N-dealkylation sites (tertiary alicyclic amines) is 1. The van der Waals surface area contributed by atoms with Gasteiger partial charge >= 0.3 is 0 Å². The van der Waals surface area contributed by atoms with Crippen LogP contribution < -0.4 is 5.32 Å². The minimum Gasteiger partial charge on any atom is -0.355 e. The van der Waals surface area contributed by atoms with Crippen LogP contribution in [0.2, 0.25) is 0 Å². The molecule has 3 aromatic heterocycles. The lowest BCUT2D eigenvalue weighted by Crippen LogP contribution is -2.39. The van der Waals surface area contributed by atoms with E-state index in [1.165, 1.54) is 12.1 Å². The molecule has 1 aliphatic rings. The number of pyridine rings is 1. The van der Waals surface area contributed by atoms with Crippen LogP contribution >= 0.6 is 0 Å². The number of aromatic nitrogens is 4. The second-order valence-electron chi connectivity index (χ2n) is 8.60. The van der Waals surface area contributed by atoms with Crippen LogP contribution in [0.1, 0.15) is 46.1 Å². The van der Waals surface area contributed by atoms with E-state index in [1.54, 1.807) is 29.0 Å². The molecule has 1 amide bonds. The van der Waals surface area contributed by atoms with Crippen LogP contribution in [0.5, 0.6) is 0 Å². The molecule has 0 unspecified atom stereocenters. The van der Waals surface area contributed by atoms with Crippen molar-refractivity contribution in [3.05, 3.63) is 83.3 Å². The van der Waals surface area contributed by atoms with Crippen LogP contribution in [0.4, 0.5) is 15.8 Å². The number of nitrogens with zero attached hydrogens (tertiary/aromatic N) is 5. The fourth-order valence-corrected chi connectivity index (χ4v) is 4.37. The molecule has 33 heavy (non-hydrogen) atoms. The molecule has 1 aromatic carbocycles. The van der Waals surface area contributed by atoms with E-state index >= 15 is 0 Å². The lowest BCUT2D eigenvalue weighted by molar-refractivity contribution is 0.0707. The molecule has 1 atom stereocenters. The van der Waals surface area contributed by atoms with E-state index in [9.17, 15) is 9.18 Å². The number of hydrogen-bond acceptors (Lipinski definition) is 5. The van der Waals surface area contributed by atoms with E-state index in [0.29, 0.717) is 24.3 Å². The Hall–Kier alpha value is -3.81. The predicted molar refractivity (Wildman–Crippen MR) is 124 cm³/mol. The standard InChI is InChI=1S/C25H25FN6O/c1-16-12-27-24-22(13-28-32(24)14-16)25(33)31-9-3-4-18(15-31)23-11-21(10-17(2)29-23)30-20-7-5-19(26)6-8-20/h5-8,10-14,18H,3-4,9,15H2,1-2H3,(H,29,30)/t18-/m1/s1. The van der Waals surface area contributed by atoms with Crippen molar-refractivity contribution in [2.75, 3.05) is 18.4 Å². The van der Waals surface area contributed by atoms with Crippen LogP contribution in [0, 0.1) is 19.7 Å². The molecule has 0 spiro atoms. The molecule has 0 aliphatic carbocycles. The third-order valence-electron chi connectivity index (χ3n) is 5.95. The summed E-state index contributed by atoms with van der Waals surface area (Å²) in [5, 5.41) is 7.63. The number of carbonyl (C=O) groups excluding carboxylic acids is 1. The van der Waals surface area contributed by atoms with Crippen molar-refractivity contribution in [2.24, 2.45) is 0 Å². The molecule has 8 heteroatoms. The van der Waals surface area contributed by atoms with Gasteiger partial charge in [-0.25, -0.2) is 13.9 Å². The molecule has 1 N–H and O–H groups in total. The van der Waals surface area contributed by atoms with E-state index in [1.807, 2.05) is 37.1 Å². The van der Waals surface area contributed by atoms with Crippen molar-refractivity contribution in [1.29, 1.82) is 0 Å². The van der Waals surface area contributed by atoms with Gasteiger partial charge in [-0.05, 0) is 68.7 Å². The van der Waals surface area contributed by atoms with Crippen molar-refractivity contribution in [1.82, 2.24) is 24.5 Å². The highest BCUT2D eigenvalue weighted by Crippen LogP contribution is 2.30. The Morgan fingerprint density at radius 2 is 1.94 bits per heavy atom. The van der Waals surface area contributed by atoms with Gasteiger partial charge in [0.2, 0.25) is 0 Å². The van der Waals surface area contributed by atoms with Gasteiger partial charge in [-0.15, -0.1) is 0 Å². The fourth-order valence-electron chi connectivity index (χ4n) is 4.37. The van der Waals surface area contributed by atoms with Crippen LogP contribution in [0.3, 0.4) is 0 Å². The Morgan fingerprint density at radius 3 is 2.76 bits per heavy atom. The van der Waals surface area contributed by atoms with Crippen LogP contribution in [0.15, 0.2) is 55.0 Å². The average molecular weight is 445 g/mol. The van der Waals surface area contributed by atoms with Crippen molar-refractivity contribution in [3.63, 3.8) is 0 Å². The van der Waals surface area contributed by atoms with Crippen LogP contribution in [-0.4, -0.2) is 43.5 Å². The molecule has 0 saturated carbocycles. The topological polar surface area (TPSA) is 75.4 Å². The first kappa shape index (κ1) is 21.1. The highest BCUT2D eigenvalue weighted by atomic mass is 19.1. The number of aryl methyl sites for hydroxylation is 2. The first-order valence-electron chi connectivity index (χ1n) is 11.1. The van der Waals surface area contributed by atoms with Gasteiger partial charge in [0.15, 0.2) is 5.65 Å². The zero-order chi connectivity index (χ0) is 22.9. The molecular formula is C25H25FN6O. The molecule has 0 radical (unpaired) electrons. The van der Waals surface area contributed by atoms with E-state index in [4.69, 9.17) is 4.98 Å². The van der Waals surface area contributed by atoms with Crippen LogP contribution in [-0.2, 0) is 0 Å². The van der Waals surface area contributed by atoms with Gasteiger partial charge in [0.05, 0.1) is 6.20 Å². The SMILES string of the molecule is Cc1cnc2c(C(=O)N3CCC[C@@H](c4cc(Nc5ccc(F)cc5)cc(C)n4)C3)cnn2c1.